The Bertz CT molecular complexity index is 1080. The van der Waals surface area contributed by atoms with E-state index in [2.05, 4.69) is 42.2 Å². The number of carbonyl (C=O) groups excluding carboxylic acids is 1. The highest BCUT2D eigenvalue weighted by Crippen LogP contribution is 2.62. The lowest BCUT2D eigenvalue weighted by Gasteiger charge is -2.48. The second kappa shape index (κ2) is 6.29. The molecule has 148 valence electrons. The van der Waals surface area contributed by atoms with Crippen LogP contribution in [0.5, 0.6) is 0 Å². The minimum Gasteiger partial charge on any atom is -0.489 e. The Labute approximate surface area is 171 Å². The van der Waals surface area contributed by atoms with Gasteiger partial charge in [-0.2, -0.15) is 0 Å². The molecule has 29 heavy (non-hydrogen) atoms. The van der Waals surface area contributed by atoms with Crippen LogP contribution in [-0.4, -0.2) is 16.9 Å². The summed E-state index contributed by atoms with van der Waals surface area (Å²) < 4.78 is 6.58. The number of hydrogen-bond donors (Lipinski definition) is 0. The Morgan fingerprint density at radius 2 is 2.03 bits per heavy atom. The Hall–Kier alpha value is -2.42. The first kappa shape index (κ1) is 17.4. The Morgan fingerprint density at radius 3 is 2.97 bits per heavy atom. The molecule has 3 aliphatic carbocycles. The number of rotatable bonds is 1. The van der Waals surface area contributed by atoms with Crippen molar-refractivity contribution in [1.82, 2.24) is 4.98 Å². The standard InChI is InChI=1S/C26H27NO2/c1-26-11-9-18-14-20-23(28)3-2-4-24(20)29-25(18)22(26)8-7-21(26)17-6-5-16-10-12-27-15-19(16)13-17/h5-6,10,12-15,21-22,25H,2-4,7-9,11H2,1H3/t21-,22-,25?,26-/m1/s1. The summed E-state index contributed by atoms with van der Waals surface area (Å²) >= 11 is 0. The average Bonchev–Trinajstić information content (AvgIpc) is 3.10. The van der Waals surface area contributed by atoms with Crippen LogP contribution in [0, 0.1) is 11.3 Å². The van der Waals surface area contributed by atoms with E-state index in [4.69, 9.17) is 4.74 Å². The van der Waals surface area contributed by atoms with Crippen molar-refractivity contribution in [2.45, 2.75) is 63.9 Å². The summed E-state index contributed by atoms with van der Waals surface area (Å²) in [6.45, 7) is 2.48. The molecule has 0 bridgehead atoms. The molecule has 2 fully saturated rings. The summed E-state index contributed by atoms with van der Waals surface area (Å²) in [6, 6.07) is 9.02. The van der Waals surface area contributed by atoms with Crippen molar-refractivity contribution >= 4 is 16.6 Å². The summed E-state index contributed by atoms with van der Waals surface area (Å²) in [4.78, 5) is 16.7. The lowest BCUT2D eigenvalue weighted by Crippen LogP contribution is -2.43. The maximum Gasteiger partial charge on any atom is 0.166 e. The van der Waals surface area contributed by atoms with E-state index in [1.165, 1.54) is 41.2 Å². The molecule has 2 heterocycles. The zero-order valence-electron chi connectivity index (χ0n) is 17.0. The molecule has 1 aromatic heterocycles. The molecule has 1 aliphatic heterocycles. The summed E-state index contributed by atoms with van der Waals surface area (Å²) in [5, 5.41) is 2.49. The monoisotopic (exact) mass is 385 g/mol. The van der Waals surface area contributed by atoms with Crippen LogP contribution < -0.4 is 0 Å². The quantitative estimate of drug-likeness (QED) is 0.617. The first-order valence-electron chi connectivity index (χ1n) is 11.1. The number of pyridine rings is 1. The highest BCUT2D eigenvalue weighted by atomic mass is 16.5. The van der Waals surface area contributed by atoms with Crippen molar-refractivity contribution in [2.24, 2.45) is 11.3 Å². The number of nitrogens with zero attached hydrogens (tertiary/aromatic N) is 1. The summed E-state index contributed by atoms with van der Waals surface area (Å²) in [7, 11) is 0. The number of Topliss-reactive ketones (excluding diaryl/α,β-unsaturated/α-hetero) is 1. The fourth-order valence-corrected chi connectivity index (χ4v) is 6.57. The fourth-order valence-electron chi connectivity index (χ4n) is 6.57. The Balaban J connectivity index is 1.34. The van der Waals surface area contributed by atoms with Crippen molar-refractivity contribution in [1.29, 1.82) is 0 Å². The van der Waals surface area contributed by atoms with Gasteiger partial charge in [-0.15, -0.1) is 0 Å². The zero-order chi connectivity index (χ0) is 19.6. The smallest absolute Gasteiger partial charge is 0.166 e. The lowest BCUT2D eigenvalue weighted by atomic mass is 9.61. The van der Waals surface area contributed by atoms with Crippen LogP contribution in [0.1, 0.15) is 63.4 Å². The first-order chi connectivity index (χ1) is 14.1. The van der Waals surface area contributed by atoms with Gasteiger partial charge in [0.05, 0.1) is 5.57 Å². The van der Waals surface area contributed by atoms with Gasteiger partial charge in [0.2, 0.25) is 0 Å². The van der Waals surface area contributed by atoms with E-state index in [9.17, 15) is 4.79 Å². The molecule has 0 amide bonds. The van der Waals surface area contributed by atoms with Crippen LogP contribution in [-0.2, 0) is 9.53 Å². The Kier molecular flexibility index (Phi) is 3.78. The molecule has 4 atom stereocenters. The third-order valence-corrected chi connectivity index (χ3v) is 8.17. The van der Waals surface area contributed by atoms with Gasteiger partial charge in [0.25, 0.3) is 0 Å². The maximum absolute atomic E-state index is 12.4. The Morgan fingerprint density at radius 1 is 1.10 bits per heavy atom. The third kappa shape index (κ3) is 2.56. The average molecular weight is 386 g/mol. The van der Waals surface area contributed by atoms with E-state index in [-0.39, 0.29) is 17.3 Å². The summed E-state index contributed by atoms with van der Waals surface area (Å²) in [5.74, 6) is 2.34. The van der Waals surface area contributed by atoms with Gasteiger partial charge < -0.3 is 4.74 Å². The van der Waals surface area contributed by atoms with Crippen LogP contribution in [0.4, 0.5) is 0 Å². The zero-order valence-corrected chi connectivity index (χ0v) is 17.0. The van der Waals surface area contributed by atoms with Crippen molar-refractivity contribution in [3.63, 3.8) is 0 Å². The van der Waals surface area contributed by atoms with E-state index >= 15 is 0 Å². The minimum atomic E-state index is 0.172. The van der Waals surface area contributed by atoms with E-state index in [1.807, 2.05) is 12.4 Å². The number of benzene rings is 1. The molecule has 0 N–H and O–H groups in total. The molecular weight excluding hydrogens is 358 g/mol. The van der Waals surface area contributed by atoms with Crippen LogP contribution in [0.2, 0.25) is 0 Å². The SMILES string of the molecule is C[C@]12CCC3=CC4=C(CCCC4=O)OC3[C@H]1CC[C@@H]2c1ccc2ccncc2c1. The minimum absolute atomic E-state index is 0.172. The van der Waals surface area contributed by atoms with Crippen molar-refractivity contribution in [3.05, 3.63) is 65.2 Å². The van der Waals surface area contributed by atoms with Crippen molar-refractivity contribution in [3.8, 4) is 0 Å². The van der Waals surface area contributed by atoms with Crippen molar-refractivity contribution in [2.75, 3.05) is 0 Å². The van der Waals surface area contributed by atoms with Gasteiger partial charge in [0.15, 0.2) is 5.78 Å². The second-order valence-electron chi connectivity index (χ2n) is 9.60. The highest BCUT2D eigenvalue weighted by Gasteiger charge is 2.54. The number of hydrogen-bond acceptors (Lipinski definition) is 3. The van der Waals surface area contributed by atoms with E-state index in [0.29, 0.717) is 18.3 Å². The van der Waals surface area contributed by atoms with Gasteiger partial charge in [-0.1, -0.05) is 19.1 Å². The molecule has 3 heteroatoms. The number of allylic oxidation sites excluding steroid dienone is 3. The van der Waals surface area contributed by atoms with Gasteiger partial charge >= 0.3 is 0 Å². The molecular formula is C26H27NO2. The molecule has 2 saturated carbocycles. The van der Waals surface area contributed by atoms with Gasteiger partial charge in [-0.05, 0) is 78.2 Å². The normalized spacial score (nSPS) is 33.6. The number of aromatic nitrogens is 1. The van der Waals surface area contributed by atoms with Gasteiger partial charge in [0, 0.05) is 36.5 Å². The molecule has 3 nitrogen and oxygen atoms in total. The first-order valence-corrected chi connectivity index (χ1v) is 11.1. The largest absolute Gasteiger partial charge is 0.489 e. The summed E-state index contributed by atoms with van der Waals surface area (Å²) in [6.07, 6.45) is 13.4. The molecule has 2 aromatic rings. The molecule has 4 aliphatic rings. The van der Waals surface area contributed by atoms with Crippen molar-refractivity contribution < 1.29 is 9.53 Å². The predicted molar refractivity (Wildman–Crippen MR) is 113 cm³/mol. The molecule has 1 unspecified atom stereocenters. The number of ether oxygens (including phenoxy) is 1. The van der Waals surface area contributed by atoms with Crippen LogP contribution in [0.15, 0.2) is 59.6 Å². The molecule has 0 radical (unpaired) electrons. The van der Waals surface area contributed by atoms with Crippen LogP contribution >= 0.6 is 0 Å². The number of carbonyl (C=O) groups is 1. The van der Waals surface area contributed by atoms with Gasteiger partial charge in [-0.3, -0.25) is 9.78 Å². The van der Waals surface area contributed by atoms with E-state index in [1.54, 1.807) is 0 Å². The topological polar surface area (TPSA) is 39.2 Å². The second-order valence-corrected chi connectivity index (χ2v) is 9.60. The number of ketones is 1. The third-order valence-electron chi connectivity index (χ3n) is 8.17. The molecule has 6 rings (SSSR count). The molecule has 1 aromatic carbocycles. The van der Waals surface area contributed by atoms with Gasteiger partial charge in [-0.25, -0.2) is 0 Å². The van der Waals surface area contributed by atoms with Crippen LogP contribution in [0.25, 0.3) is 10.8 Å². The highest BCUT2D eigenvalue weighted by molar-refractivity contribution is 5.99. The summed E-state index contributed by atoms with van der Waals surface area (Å²) in [5.41, 5.74) is 3.94. The maximum atomic E-state index is 12.4. The molecule has 0 saturated heterocycles. The predicted octanol–water partition coefficient (Wildman–Crippen LogP) is 5.86. The lowest BCUT2D eigenvalue weighted by molar-refractivity contribution is -0.116. The van der Waals surface area contributed by atoms with Gasteiger partial charge in [0.1, 0.15) is 11.9 Å². The van der Waals surface area contributed by atoms with E-state index < -0.39 is 0 Å². The fraction of sp³-hybridized carbons (Fsp3) is 0.462. The number of fused-ring (bicyclic) bond motifs is 4. The molecule has 0 spiro atoms. The van der Waals surface area contributed by atoms with Crippen LogP contribution in [0.3, 0.4) is 0 Å². The van der Waals surface area contributed by atoms with E-state index in [0.717, 1.165) is 30.6 Å².